The van der Waals surface area contributed by atoms with Gasteiger partial charge in [0, 0.05) is 33.3 Å². The minimum Gasteiger partial charge on any atom is -0.484 e. The molecule has 3 saturated carbocycles. The Kier molecular flexibility index (Phi) is 17.7. The van der Waals surface area contributed by atoms with Crippen LogP contribution in [0.25, 0.3) is 0 Å². The zero-order chi connectivity index (χ0) is 34.7. The van der Waals surface area contributed by atoms with E-state index in [9.17, 15) is 9.59 Å². The molecule has 1 unspecified atom stereocenters. The van der Waals surface area contributed by atoms with Crippen LogP contribution in [0.5, 0.6) is 5.75 Å². The van der Waals surface area contributed by atoms with Crippen LogP contribution in [-0.4, -0.2) is 36.1 Å². The molecule has 0 heterocycles. The van der Waals surface area contributed by atoms with Gasteiger partial charge in [0.2, 0.25) is 0 Å². The highest BCUT2D eigenvalue weighted by Crippen LogP contribution is 2.33. The molecule has 3 aliphatic carbocycles. The normalized spacial score (nSPS) is 23.9. The summed E-state index contributed by atoms with van der Waals surface area (Å²) in [5, 5.41) is 9.50. The molecule has 8 heteroatoms. The topological polar surface area (TPSA) is 67.4 Å². The molecule has 5 nitrogen and oxygen atoms in total. The molecule has 0 aliphatic heterocycles. The average molecular weight is 730 g/mol. The SMILES string of the molecule is CS/C(=C\C(=O)c1ccc(Cl)cc1)NC1CCCCCC2CCCCCCCC(NC(=O)COc3ccc(Cl)cc3)(CCCCCCC2)C1. The molecule has 2 N–H and O–H groups in total. The van der Waals surface area contributed by atoms with Crippen molar-refractivity contribution in [1.82, 2.24) is 10.6 Å². The number of amides is 1. The quantitative estimate of drug-likeness (QED) is 0.199. The van der Waals surface area contributed by atoms with Crippen molar-refractivity contribution in [2.75, 3.05) is 12.9 Å². The number of carbonyl (C=O) groups is 2. The molecular weight excluding hydrogens is 671 g/mol. The van der Waals surface area contributed by atoms with Crippen LogP contribution in [0.2, 0.25) is 10.0 Å². The van der Waals surface area contributed by atoms with Crippen molar-refractivity contribution in [3.63, 3.8) is 0 Å². The fraction of sp³-hybridized carbons (Fsp3) is 0.610. The lowest BCUT2D eigenvalue weighted by molar-refractivity contribution is -0.125. The van der Waals surface area contributed by atoms with Gasteiger partial charge < -0.3 is 15.4 Å². The highest BCUT2D eigenvalue weighted by Gasteiger charge is 2.34. The van der Waals surface area contributed by atoms with Crippen molar-refractivity contribution in [3.05, 3.63) is 75.2 Å². The minimum atomic E-state index is -0.360. The van der Waals surface area contributed by atoms with E-state index in [1.807, 2.05) is 6.26 Å². The van der Waals surface area contributed by atoms with Crippen LogP contribution >= 0.6 is 35.0 Å². The van der Waals surface area contributed by atoms with E-state index in [0.717, 1.165) is 55.9 Å². The lowest BCUT2D eigenvalue weighted by atomic mass is 9.79. The summed E-state index contributed by atoms with van der Waals surface area (Å²) in [5.74, 6) is 1.38. The first-order valence-electron chi connectivity index (χ1n) is 18.9. The summed E-state index contributed by atoms with van der Waals surface area (Å²) < 4.78 is 5.92. The van der Waals surface area contributed by atoms with Crippen LogP contribution in [0.3, 0.4) is 0 Å². The number of hydrogen-bond donors (Lipinski definition) is 2. The van der Waals surface area contributed by atoms with E-state index in [1.165, 1.54) is 83.5 Å². The second-order valence-corrected chi connectivity index (χ2v) is 16.0. The van der Waals surface area contributed by atoms with E-state index >= 15 is 0 Å². The van der Waals surface area contributed by atoms with E-state index in [4.69, 9.17) is 27.9 Å². The standard InChI is InChI=1S/C41H58Cl2N2O3S/c1-49-40(29-38(46)33-19-21-34(42)22-20-33)44-36-18-12-8-11-17-32-15-9-4-2-6-13-27-41(30-36,28-14-7-3-5-10-16-32)45-39(47)31-48-37-25-23-35(43)24-26-37/h19-26,29,32,36,44H,2-18,27-28,30-31H2,1H3,(H,45,47)/b40-29-. The number of ketones is 1. The summed E-state index contributed by atoms with van der Waals surface area (Å²) >= 11 is 13.7. The van der Waals surface area contributed by atoms with Crippen LogP contribution < -0.4 is 15.4 Å². The molecule has 0 spiro atoms. The third-order valence-electron chi connectivity index (χ3n) is 10.4. The van der Waals surface area contributed by atoms with Crippen molar-refractivity contribution in [2.24, 2.45) is 5.92 Å². The summed E-state index contributed by atoms with van der Waals surface area (Å²) in [6, 6.07) is 14.4. The van der Waals surface area contributed by atoms with Gasteiger partial charge in [-0.25, -0.2) is 0 Å². The lowest BCUT2D eigenvalue weighted by Gasteiger charge is -2.39. The molecule has 49 heavy (non-hydrogen) atoms. The number of rotatable bonds is 9. The third-order valence-corrected chi connectivity index (χ3v) is 11.6. The molecule has 2 aromatic carbocycles. The highest BCUT2D eigenvalue weighted by atomic mass is 35.5. The van der Waals surface area contributed by atoms with Crippen LogP contribution in [0, 0.1) is 5.92 Å². The minimum absolute atomic E-state index is 0.0335. The van der Waals surface area contributed by atoms with Gasteiger partial charge in [-0.1, -0.05) is 126 Å². The van der Waals surface area contributed by atoms with Crippen molar-refractivity contribution < 1.29 is 14.3 Å². The van der Waals surface area contributed by atoms with Gasteiger partial charge in [-0.3, -0.25) is 9.59 Å². The summed E-state index contributed by atoms with van der Waals surface area (Å²) in [7, 11) is 0. The van der Waals surface area contributed by atoms with Gasteiger partial charge in [-0.05, 0) is 86.4 Å². The molecule has 270 valence electrons. The smallest absolute Gasteiger partial charge is 0.258 e. The van der Waals surface area contributed by atoms with Crippen molar-refractivity contribution in [2.45, 2.75) is 140 Å². The van der Waals surface area contributed by atoms with Crippen LogP contribution in [0.1, 0.15) is 139 Å². The van der Waals surface area contributed by atoms with E-state index in [-0.39, 0.29) is 29.9 Å². The number of ether oxygens (including phenoxy) is 1. The number of allylic oxidation sites excluding steroid dienone is 1. The van der Waals surface area contributed by atoms with Gasteiger partial charge in [0.1, 0.15) is 5.75 Å². The Balaban J connectivity index is 1.60. The second kappa shape index (κ2) is 21.9. The number of nitrogens with one attached hydrogen (secondary N) is 2. The summed E-state index contributed by atoms with van der Waals surface area (Å²) in [4.78, 5) is 27.0. The number of fused-ring (bicyclic) bond motifs is 18. The first-order chi connectivity index (χ1) is 23.8. The highest BCUT2D eigenvalue weighted by molar-refractivity contribution is 8.02. The summed E-state index contributed by atoms with van der Waals surface area (Å²) in [6.07, 6.45) is 27.5. The Bertz CT molecular complexity index is 1280. The van der Waals surface area contributed by atoms with Crippen LogP contribution in [0.15, 0.2) is 59.6 Å². The Labute approximate surface area is 310 Å². The number of benzene rings is 2. The van der Waals surface area contributed by atoms with Crippen molar-refractivity contribution in [3.8, 4) is 5.75 Å². The number of thioether (sulfide) groups is 1. The zero-order valence-corrected chi connectivity index (χ0v) is 31.9. The van der Waals surface area contributed by atoms with Crippen LogP contribution in [0.4, 0.5) is 0 Å². The third kappa shape index (κ3) is 14.9. The van der Waals surface area contributed by atoms with Gasteiger partial charge in [-0.2, -0.15) is 0 Å². The maximum absolute atomic E-state index is 13.7. The Morgan fingerprint density at radius 2 is 1.27 bits per heavy atom. The predicted octanol–water partition coefficient (Wildman–Crippen LogP) is 11.7. The molecule has 0 saturated heterocycles. The molecule has 2 aromatic rings. The molecule has 1 amide bonds. The lowest BCUT2D eigenvalue weighted by Crippen LogP contribution is -2.53. The maximum atomic E-state index is 13.7. The molecule has 0 radical (unpaired) electrons. The molecule has 1 atom stereocenters. The molecule has 0 aromatic heterocycles. The van der Waals surface area contributed by atoms with Gasteiger partial charge in [-0.15, -0.1) is 11.8 Å². The maximum Gasteiger partial charge on any atom is 0.258 e. The predicted molar refractivity (Wildman–Crippen MR) is 208 cm³/mol. The van der Waals surface area contributed by atoms with Crippen molar-refractivity contribution >= 4 is 46.7 Å². The van der Waals surface area contributed by atoms with E-state index in [1.54, 1.807) is 66.4 Å². The van der Waals surface area contributed by atoms with Gasteiger partial charge in [0.15, 0.2) is 12.4 Å². The number of carbonyl (C=O) groups excluding carboxylic acids is 2. The van der Waals surface area contributed by atoms with Gasteiger partial charge in [0.05, 0.1) is 5.03 Å². The summed E-state index contributed by atoms with van der Waals surface area (Å²) in [6.45, 7) is -0.0335. The largest absolute Gasteiger partial charge is 0.484 e. The Hall–Kier alpha value is -2.15. The fourth-order valence-electron chi connectivity index (χ4n) is 7.68. The molecule has 2 bridgehead atoms. The van der Waals surface area contributed by atoms with E-state index < -0.39 is 0 Å². The van der Waals surface area contributed by atoms with Crippen molar-refractivity contribution in [1.29, 1.82) is 0 Å². The second-order valence-electron chi connectivity index (χ2n) is 14.3. The molecular formula is C41H58Cl2N2O3S. The molecule has 5 rings (SSSR count). The average Bonchev–Trinajstić information content (AvgIpc) is 3.08. The molecule has 3 aliphatic rings. The van der Waals surface area contributed by atoms with Gasteiger partial charge >= 0.3 is 0 Å². The number of hydrogen-bond acceptors (Lipinski definition) is 5. The monoisotopic (exact) mass is 728 g/mol. The zero-order valence-electron chi connectivity index (χ0n) is 29.6. The molecule has 3 fully saturated rings. The first-order valence-corrected chi connectivity index (χ1v) is 20.8. The Morgan fingerprint density at radius 1 is 0.755 bits per heavy atom. The Morgan fingerprint density at radius 3 is 1.86 bits per heavy atom. The van der Waals surface area contributed by atoms with Gasteiger partial charge in [0.25, 0.3) is 5.91 Å². The summed E-state index contributed by atoms with van der Waals surface area (Å²) in [5.41, 5.74) is 0.259. The van der Waals surface area contributed by atoms with Crippen LogP contribution in [-0.2, 0) is 4.79 Å². The fourth-order valence-corrected chi connectivity index (χ4v) is 8.44. The first kappa shape index (κ1) is 39.6. The van der Waals surface area contributed by atoms with E-state index in [2.05, 4.69) is 10.6 Å². The number of halogens is 2. The van der Waals surface area contributed by atoms with E-state index in [0.29, 0.717) is 21.4 Å².